The second-order valence-corrected chi connectivity index (χ2v) is 10.9. The van der Waals surface area contributed by atoms with Crippen molar-refractivity contribution in [3.8, 4) is 0 Å². The Balaban J connectivity index is 1.68. The van der Waals surface area contributed by atoms with Gasteiger partial charge in [0.1, 0.15) is 0 Å². The van der Waals surface area contributed by atoms with Gasteiger partial charge >= 0.3 is 42.4 Å². The van der Waals surface area contributed by atoms with E-state index in [4.69, 9.17) is 11.6 Å². The lowest BCUT2D eigenvalue weighted by Gasteiger charge is -1.89. The van der Waals surface area contributed by atoms with E-state index in [0.717, 1.165) is 5.02 Å². The van der Waals surface area contributed by atoms with Crippen LogP contribution in [-0.2, 0) is 0 Å². The van der Waals surface area contributed by atoms with Gasteiger partial charge in [-0.25, -0.2) is 0 Å². The highest BCUT2D eigenvalue weighted by Crippen LogP contribution is 2.04. The molecule has 104 valence electrons. The normalized spacial score (nSPS) is 10.5. The van der Waals surface area contributed by atoms with E-state index in [0.29, 0.717) is 0 Å². The molecule has 0 aliphatic heterocycles. The van der Waals surface area contributed by atoms with Gasteiger partial charge in [-0.3, -0.25) is 0 Å². The van der Waals surface area contributed by atoms with Crippen LogP contribution in [0.1, 0.15) is 0 Å². The summed E-state index contributed by atoms with van der Waals surface area (Å²) in [6, 6.07) is 28.2. The van der Waals surface area contributed by atoms with E-state index in [1.165, 1.54) is 14.3 Å². The molecule has 0 atom stereocenters. The summed E-state index contributed by atoms with van der Waals surface area (Å²) in [6.07, 6.45) is 0. The van der Waals surface area contributed by atoms with E-state index < -0.39 is 0 Å². The fourth-order valence-electron chi connectivity index (χ4n) is 1.78. The Labute approximate surface area is 151 Å². The van der Waals surface area contributed by atoms with Gasteiger partial charge < -0.3 is 0 Å². The molecule has 0 spiro atoms. The monoisotopic (exact) mass is 518 g/mol. The Hall–Kier alpha value is -0.590. The molecule has 0 heterocycles. The fourth-order valence-corrected chi connectivity index (χ4v) is 6.27. The molecule has 0 unspecified atom stereocenters. The lowest BCUT2D eigenvalue weighted by molar-refractivity contribution is -0.603. The number of rotatable bonds is 4. The van der Waals surface area contributed by atoms with Gasteiger partial charge in [-0.1, -0.05) is 29.8 Å². The third-order valence-corrected chi connectivity index (χ3v) is 8.40. The zero-order valence-corrected chi connectivity index (χ0v) is 16.2. The zero-order valence-electron chi connectivity index (χ0n) is 11.1. The van der Waals surface area contributed by atoms with Gasteiger partial charge in [0.15, 0.2) is 14.3 Å². The molecule has 0 amide bonds. The molecule has 21 heavy (non-hydrogen) atoms. The average Bonchev–Trinajstić information content (AvgIpc) is 2.53. The lowest BCUT2D eigenvalue weighted by Crippen LogP contribution is -3.62. The summed E-state index contributed by atoms with van der Waals surface area (Å²) < 4.78 is 5.81. The van der Waals surface area contributed by atoms with Crippen LogP contribution in [0.5, 0.6) is 0 Å². The molecule has 3 heteroatoms. The molecule has 0 fully saturated rings. The third kappa shape index (κ3) is 4.69. The molecule has 0 aromatic heterocycles. The Morgan fingerprint density at radius 1 is 0.476 bits per heavy atom. The van der Waals surface area contributed by atoms with Gasteiger partial charge in [0, 0.05) is 5.02 Å². The maximum Gasteiger partial charge on any atom is 0.357 e. The first kappa shape index (κ1) is 15.3. The molecule has 0 aliphatic carbocycles. The van der Waals surface area contributed by atoms with Gasteiger partial charge in [-0.05, 0) is 60.7 Å². The lowest BCUT2D eigenvalue weighted by atomic mass is 10.4. The minimum atomic E-state index is -0.104. The molecule has 0 saturated heterocycles. The fraction of sp³-hybridized carbons (Fsp3) is 0. The maximum absolute atomic E-state index is 5.93. The molecule has 0 saturated carbocycles. The second-order valence-electron chi connectivity index (χ2n) is 4.36. The van der Waals surface area contributed by atoms with Crippen molar-refractivity contribution >= 4 is 11.6 Å². The largest absolute Gasteiger partial charge is 0.357 e. The summed E-state index contributed by atoms with van der Waals surface area (Å²) in [5.41, 5.74) is 0. The minimum Gasteiger partial charge on any atom is -0.0843 e. The topological polar surface area (TPSA) is 0 Å². The van der Waals surface area contributed by atoms with Crippen LogP contribution >= 0.6 is 11.6 Å². The van der Waals surface area contributed by atoms with Crippen LogP contribution in [0, 0.1) is 14.3 Å². The van der Waals surface area contributed by atoms with Crippen molar-refractivity contribution in [1.29, 1.82) is 0 Å². The first-order valence-electron chi connectivity index (χ1n) is 6.50. The predicted molar refractivity (Wildman–Crippen MR) is 79.1 cm³/mol. The van der Waals surface area contributed by atoms with Gasteiger partial charge in [0.05, 0.1) is 0 Å². The summed E-state index contributed by atoms with van der Waals surface area (Å²) in [7, 11) is 0. The highest BCUT2D eigenvalue weighted by molar-refractivity contribution is 6.30. The predicted octanol–water partition coefficient (Wildman–Crippen LogP) is -1.40. The van der Waals surface area contributed by atoms with E-state index in [2.05, 4.69) is 66.7 Å². The maximum atomic E-state index is 5.93. The molecular weight excluding hydrogens is 505 g/mol. The highest BCUT2D eigenvalue weighted by Gasteiger charge is 2.19. The van der Waals surface area contributed by atoms with E-state index in [1.54, 1.807) is 0 Å². The van der Waals surface area contributed by atoms with Gasteiger partial charge in [-0.15, -0.1) is 0 Å². The summed E-state index contributed by atoms with van der Waals surface area (Å²) in [4.78, 5) is 0. The summed E-state index contributed by atoms with van der Waals surface area (Å²) in [6.45, 7) is 0. The second kappa shape index (κ2) is 7.61. The zero-order chi connectivity index (χ0) is 14.5. The van der Waals surface area contributed by atoms with E-state index in [-0.39, 0.29) is 42.4 Å². The van der Waals surface area contributed by atoms with Crippen LogP contribution in [0.3, 0.4) is 0 Å². The Morgan fingerprint density at radius 3 is 1.33 bits per heavy atom. The molecule has 3 aromatic carbocycles. The van der Waals surface area contributed by atoms with Crippen molar-refractivity contribution in [2.45, 2.75) is 0 Å². The summed E-state index contributed by atoms with van der Waals surface area (Å²) in [5.74, 6) is 0. The van der Waals surface area contributed by atoms with Crippen LogP contribution in [0.4, 0.5) is 0 Å². The molecule has 0 radical (unpaired) electrons. The van der Waals surface area contributed by atoms with Gasteiger partial charge in [0.2, 0.25) is 0 Å². The number of hydrogen-bond acceptors (Lipinski definition) is 0. The molecular formula is C18H13ClI2+2. The molecule has 0 bridgehead atoms. The number of halogens is 3. The SMILES string of the molecule is Clc1ccc([I+]c2ccc([I+]c3ccccc3)cc2)cc1. The summed E-state index contributed by atoms with van der Waals surface area (Å²) >= 11 is 5.77. The number of hydrogen-bond donors (Lipinski definition) is 0. The third-order valence-electron chi connectivity index (χ3n) is 2.78. The Kier molecular flexibility index (Phi) is 5.55. The quantitative estimate of drug-likeness (QED) is 0.373. The van der Waals surface area contributed by atoms with Crippen LogP contribution in [0.15, 0.2) is 78.9 Å². The van der Waals surface area contributed by atoms with E-state index >= 15 is 0 Å². The van der Waals surface area contributed by atoms with Crippen molar-refractivity contribution in [2.75, 3.05) is 0 Å². The van der Waals surface area contributed by atoms with Gasteiger partial charge in [-0.2, -0.15) is 0 Å². The van der Waals surface area contributed by atoms with Crippen molar-refractivity contribution < 1.29 is 42.4 Å². The van der Waals surface area contributed by atoms with Crippen molar-refractivity contribution in [3.05, 3.63) is 98.2 Å². The highest BCUT2D eigenvalue weighted by atomic mass is 127. The molecule has 3 rings (SSSR count). The molecule has 3 aromatic rings. The molecule has 0 nitrogen and oxygen atoms in total. The standard InChI is InChI=1S/C18H13ClI2/c19-14-6-8-16(9-7-14)21-18-12-10-17(11-13-18)20-15-4-2-1-3-5-15/h1-13H/q+2. The smallest absolute Gasteiger partial charge is 0.0843 e. The Bertz CT molecular complexity index is 692. The average molecular weight is 519 g/mol. The van der Waals surface area contributed by atoms with Crippen LogP contribution in [-0.4, -0.2) is 0 Å². The molecule has 0 N–H and O–H groups in total. The van der Waals surface area contributed by atoms with Crippen molar-refractivity contribution in [2.24, 2.45) is 0 Å². The Morgan fingerprint density at radius 2 is 0.857 bits per heavy atom. The van der Waals surface area contributed by atoms with Crippen molar-refractivity contribution in [3.63, 3.8) is 0 Å². The van der Waals surface area contributed by atoms with E-state index in [9.17, 15) is 0 Å². The van der Waals surface area contributed by atoms with E-state index in [1.807, 2.05) is 12.1 Å². The minimum absolute atomic E-state index is 0.0542. The summed E-state index contributed by atoms with van der Waals surface area (Å²) in [5, 5.41) is 0.811. The first-order valence-corrected chi connectivity index (χ1v) is 11.2. The van der Waals surface area contributed by atoms with Crippen LogP contribution in [0.25, 0.3) is 0 Å². The van der Waals surface area contributed by atoms with Gasteiger partial charge in [0.25, 0.3) is 0 Å². The number of benzene rings is 3. The first-order chi connectivity index (χ1) is 10.3. The molecule has 0 aliphatic rings. The van der Waals surface area contributed by atoms with Crippen LogP contribution in [0.2, 0.25) is 5.02 Å². The van der Waals surface area contributed by atoms with Crippen molar-refractivity contribution in [1.82, 2.24) is 0 Å². The van der Waals surface area contributed by atoms with Crippen LogP contribution < -0.4 is 42.4 Å².